The van der Waals surface area contributed by atoms with Crippen molar-refractivity contribution in [3.05, 3.63) is 65.5 Å². The van der Waals surface area contributed by atoms with Crippen LogP contribution in [0.4, 0.5) is 13.2 Å². The van der Waals surface area contributed by atoms with Gasteiger partial charge in [0.2, 0.25) is 0 Å². The second-order valence-electron chi connectivity index (χ2n) is 6.22. The summed E-state index contributed by atoms with van der Waals surface area (Å²) in [7, 11) is 0. The lowest BCUT2D eigenvalue weighted by atomic mass is 10.1. The van der Waals surface area contributed by atoms with Crippen LogP contribution >= 0.6 is 0 Å². The van der Waals surface area contributed by atoms with Crippen molar-refractivity contribution in [2.24, 2.45) is 0 Å². The van der Waals surface area contributed by atoms with Crippen LogP contribution in [0.1, 0.15) is 34.5 Å². The molecular weight excluding hydrogens is 345 g/mol. The first-order chi connectivity index (χ1) is 12.4. The molecule has 1 aromatic carbocycles. The van der Waals surface area contributed by atoms with Crippen molar-refractivity contribution in [2.45, 2.75) is 31.7 Å². The summed E-state index contributed by atoms with van der Waals surface area (Å²) in [4.78, 5) is 18.7. The van der Waals surface area contributed by atoms with Crippen LogP contribution < -0.4 is 0 Å². The van der Waals surface area contributed by atoms with Gasteiger partial charge in [-0.3, -0.25) is 9.78 Å². The Hall–Kier alpha value is -2.41. The maximum Gasteiger partial charge on any atom is 0.416 e. The molecule has 1 unspecified atom stereocenters. The average Bonchev–Trinajstić information content (AvgIpc) is 3.14. The number of benzene rings is 1. The Morgan fingerprint density at radius 1 is 1.19 bits per heavy atom. The zero-order chi connectivity index (χ0) is 18.6. The second kappa shape index (κ2) is 7.86. The van der Waals surface area contributed by atoms with Crippen LogP contribution in [0.3, 0.4) is 0 Å². The second-order valence-corrected chi connectivity index (χ2v) is 6.22. The molecule has 138 valence electrons. The van der Waals surface area contributed by atoms with E-state index in [1.807, 2.05) is 12.1 Å². The third kappa shape index (κ3) is 4.60. The predicted octanol–water partition coefficient (Wildman–Crippen LogP) is 3.92. The van der Waals surface area contributed by atoms with Gasteiger partial charge >= 0.3 is 6.18 Å². The third-order valence-electron chi connectivity index (χ3n) is 4.27. The van der Waals surface area contributed by atoms with Crippen LogP contribution in [0.15, 0.2) is 48.7 Å². The minimum absolute atomic E-state index is 0.0582. The van der Waals surface area contributed by atoms with Gasteiger partial charge in [-0.1, -0.05) is 6.07 Å². The standard InChI is InChI=1S/C19H19F3N2O2/c20-19(21,22)15-8-6-14(7-9-15)18(25)24(13-17-5-3-11-26-17)12-16-4-1-2-10-23-16/h1-2,4,6-10,17H,3,5,11-13H2. The molecule has 0 radical (unpaired) electrons. The van der Waals surface area contributed by atoms with Crippen molar-refractivity contribution < 1.29 is 22.7 Å². The quantitative estimate of drug-likeness (QED) is 0.808. The summed E-state index contributed by atoms with van der Waals surface area (Å²) in [6.07, 6.45) is -1.04. The number of ether oxygens (including phenoxy) is 1. The van der Waals surface area contributed by atoms with Crippen LogP contribution in [0.5, 0.6) is 0 Å². The summed E-state index contributed by atoms with van der Waals surface area (Å²) in [6, 6.07) is 9.71. The molecule has 1 aliphatic rings. The van der Waals surface area contributed by atoms with E-state index in [1.165, 1.54) is 12.1 Å². The lowest BCUT2D eigenvalue weighted by Gasteiger charge is -2.25. The Morgan fingerprint density at radius 3 is 2.54 bits per heavy atom. The minimum Gasteiger partial charge on any atom is -0.376 e. The molecule has 1 aliphatic heterocycles. The number of amides is 1. The molecule has 0 aliphatic carbocycles. The number of halogens is 3. The van der Waals surface area contributed by atoms with Crippen LogP contribution in [-0.2, 0) is 17.5 Å². The number of nitrogens with zero attached hydrogens (tertiary/aromatic N) is 2. The number of alkyl halides is 3. The fourth-order valence-corrected chi connectivity index (χ4v) is 2.92. The van der Waals surface area contributed by atoms with E-state index in [9.17, 15) is 18.0 Å². The highest BCUT2D eigenvalue weighted by Crippen LogP contribution is 2.29. The van der Waals surface area contributed by atoms with Crippen LogP contribution in [-0.4, -0.2) is 35.0 Å². The Labute approximate surface area is 149 Å². The number of carbonyl (C=O) groups excluding carboxylic acids is 1. The minimum atomic E-state index is -4.42. The molecule has 4 nitrogen and oxygen atoms in total. The average molecular weight is 364 g/mol. The van der Waals surface area contributed by atoms with Crippen molar-refractivity contribution in [3.63, 3.8) is 0 Å². The van der Waals surface area contributed by atoms with Crippen molar-refractivity contribution in [2.75, 3.05) is 13.2 Å². The third-order valence-corrected chi connectivity index (χ3v) is 4.27. The first-order valence-electron chi connectivity index (χ1n) is 8.41. The topological polar surface area (TPSA) is 42.4 Å². The van der Waals surface area contributed by atoms with Gasteiger partial charge in [0.1, 0.15) is 0 Å². The number of hydrogen-bond acceptors (Lipinski definition) is 3. The SMILES string of the molecule is O=C(c1ccc(C(F)(F)F)cc1)N(Cc1ccccn1)CC1CCCO1. The van der Waals surface area contributed by atoms with Crippen molar-refractivity contribution in [1.82, 2.24) is 9.88 Å². The molecule has 1 atom stereocenters. The normalized spacial score (nSPS) is 17.3. The van der Waals surface area contributed by atoms with Crippen LogP contribution in [0, 0.1) is 0 Å². The van der Waals surface area contributed by atoms with Gasteiger partial charge in [0.05, 0.1) is 23.9 Å². The van der Waals surface area contributed by atoms with E-state index in [2.05, 4.69) is 4.98 Å². The van der Waals surface area contributed by atoms with Gasteiger partial charge in [0.15, 0.2) is 0 Å². The molecule has 0 saturated carbocycles. The summed E-state index contributed by atoms with van der Waals surface area (Å²) >= 11 is 0. The summed E-state index contributed by atoms with van der Waals surface area (Å²) in [5.74, 6) is -0.333. The smallest absolute Gasteiger partial charge is 0.376 e. The molecule has 0 N–H and O–H groups in total. The molecule has 1 fully saturated rings. The van der Waals surface area contributed by atoms with Crippen LogP contribution in [0.2, 0.25) is 0 Å². The maximum absolute atomic E-state index is 12.9. The van der Waals surface area contributed by atoms with Gasteiger partial charge in [0.25, 0.3) is 5.91 Å². The zero-order valence-electron chi connectivity index (χ0n) is 14.1. The van der Waals surface area contributed by atoms with E-state index < -0.39 is 11.7 Å². The fraction of sp³-hybridized carbons (Fsp3) is 0.368. The molecule has 3 rings (SSSR count). The molecule has 0 bridgehead atoms. The number of hydrogen-bond donors (Lipinski definition) is 0. The Balaban J connectivity index is 1.79. The summed E-state index contributed by atoms with van der Waals surface area (Å²) in [5, 5.41) is 0. The summed E-state index contributed by atoms with van der Waals surface area (Å²) < 4.78 is 43.8. The van der Waals surface area contributed by atoms with Gasteiger partial charge in [-0.2, -0.15) is 13.2 Å². The maximum atomic E-state index is 12.9. The van der Waals surface area contributed by atoms with Crippen molar-refractivity contribution >= 4 is 5.91 Å². The lowest BCUT2D eigenvalue weighted by molar-refractivity contribution is -0.137. The molecule has 2 aromatic rings. The highest BCUT2D eigenvalue weighted by Gasteiger charge is 2.31. The molecule has 7 heteroatoms. The Kier molecular flexibility index (Phi) is 5.56. The van der Waals surface area contributed by atoms with E-state index in [4.69, 9.17) is 4.74 Å². The van der Waals surface area contributed by atoms with E-state index in [0.717, 1.165) is 25.0 Å². The Morgan fingerprint density at radius 2 is 1.96 bits per heavy atom. The van der Waals surface area contributed by atoms with Gasteiger partial charge in [0, 0.05) is 24.9 Å². The fourth-order valence-electron chi connectivity index (χ4n) is 2.92. The van der Waals surface area contributed by atoms with Gasteiger partial charge in [-0.25, -0.2) is 0 Å². The molecule has 0 spiro atoms. The highest BCUT2D eigenvalue weighted by atomic mass is 19.4. The first-order valence-corrected chi connectivity index (χ1v) is 8.41. The molecule has 1 aromatic heterocycles. The number of pyridine rings is 1. The molecular formula is C19H19F3N2O2. The Bertz CT molecular complexity index is 727. The zero-order valence-corrected chi connectivity index (χ0v) is 14.1. The number of aromatic nitrogens is 1. The summed E-state index contributed by atoms with van der Waals surface area (Å²) in [6.45, 7) is 1.33. The first kappa shape index (κ1) is 18.4. The van der Waals surface area contributed by atoms with Crippen molar-refractivity contribution in [1.29, 1.82) is 0 Å². The number of carbonyl (C=O) groups is 1. The molecule has 1 amide bonds. The van der Waals surface area contributed by atoms with Gasteiger partial charge in [-0.05, 0) is 49.2 Å². The van der Waals surface area contributed by atoms with Gasteiger partial charge in [-0.15, -0.1) is 0 Å². The molecule has 2 heterocycles. The van der Waals surface area contributed by atoms with E-state index in [1.54, 1.807) is 17.2 Å². The lowest BCUT2D eigenvalue weighted by Crippen LogP contribution is -2.37. The molecule has 1 saturated heterocycles. The highest BCUT2D eigenvalue weighted by molar-refractivity contribution is 5.94. The number of rotatable bonds is 5. The van der Waals surface area contributed by atoms with Gasteiger partial charge < -0.3 is 9.64 Å². The van der Waals surface area contributed by atoms with E-state index in [0.29, 0.717) is 18.8 Å². The van der Waals surface area contributed by atoms with E-state index in [-0.39, 0.29) is 24.1 Å². The molecule has 26 heavy (non-hydrogen) atoms. The monoisotopic (exact) mass is 364 g/mol. The largest absolute Gasteiger partial charge is 0.416 e. The van der Waals surface area contributed by atoms with E-state index >= 15 is 0 Å². The van der Waals surface area contributed by atoms with Crippen LogP contribution in [0.25, 0.3) is 0 Å². The van der Waals surface area contributed by atoms with Crippen molar-refractivity contribution in [3.8, 4) is 0 Å². The summed E-state index contributed by atoms with van der Waals surface area (Å²) in [5.41, 5.74) is 0.155. The predicted molar refractivity (Wildman–Crippen MR) is 89.4 cm³/mol.